The van der Waals surface area contributed by atoms with Gasteiger partial charge in [-0.3, -0.25) is 9.59 Å². The van der Waals surface area contributed by atoms with Crippen molar-refractivity contribution in [2.75, 3.05) is 20.3 Å². The smallest absolute Gasteiger partial charge is 0.305 e. The third kappa shape index (κ3) is 3.48. The maximum absolute atomic E-state index is 12.0. The fourth-order valence-corrected chi connectivity index (χ4v) is 1.83. The van der Waals surface area contributed by atoms with E-state index in [1.54, 1.807) is 14.0 Å². The summed E-state index contributed by atoms with van der Waals surface area (Å²) in [6.07, 6.45) is 1.72. The van der Waals surface area contributed by atoms with Gasteiger partial charge in [0.1, 0.15) is 0 Å². The molecule has 1 rings (SSSR count). The normalized spacial score (nSPS) is 22.5. The van der Waals surface area contributed by atoms with E-state index in [-0.39, 0.29) is 24.3 Å². The molecule has 5 heteroatoms. The Morgan fingerprint density at radius 3 is 2.75 bits per heavy atom. The minimum atomic E-state index is -0.882. The lowest BCUT2D eigenvalue weighted by Crippen LogP contribution is -2.42. The van der Waals surface area contributed by atoms with Crippen LogP contribution in [0.15, 0.2) is 0 Å². The van der Waals surface area contributed by atoms with Crippen molar-refractivity contribution >= 4 is 11.9 Å². The number of hydrogen-bond donors (Lipinski definition) is 1. The molecule has 0 radical (unpaired) electrons. The quantitative estimate of drug-likeness (QED) is 0.772. The zero-order chi connectivity index (χ0) is 12.1. The van der Waals surface area contributed by atoms with Crippen molar-refractivity contribution in [3.63, 3.8) is 0 Å². The van der Waals surface area contributed by atoms with Gasteiger partial charge >= 0.3 is 5.97 Å². The molecule has 1 fully saturated rings. The zero-order valence-electron chi connectivity index (χ0n) is 9.81. The van der Waals surface area contributed by atoms with Crippen LogP contribution in [0.1, 0.15) is 26.2 Å². The number of carboxylic acids is 1. The van der Waals surface area contributed by atoms with Gasteiger partial charge in [-0.15, -0.1) is 0 Å². The van der Waals surface area contributed by atoms with Crippen molar-refractivity contribution in [1.29, 1.82) is 0 Å². The minimum absolute atomic E-state index is 0.00606. The van der Waals surface area contributed by atoms with E-state index in [0.717, 1.165) is 19.4 Å². The number of amides is 1. The molecule has 0 aromatic carbocycles. The van der Waals surface area contributed by atoms with Crippen LogP contribution in [0.25, 0.3) is 0 Å². The van der Waals surface area contributed by atoms with Gasteiger partial charge in [0, 0.05) is 19.7 Å². The Morgan fingerprint density at radius 2 is 2.25 bits per heavy atom. The number of carbonyl (C=O) groups is 2. The van der Waals surface area contributed by atoms with Crippen molar-refractivity contribution in [2.45, 2.75) is 32.2 Å². The molecular weight excluding hydrogens is 210 g/mol. The topological polar surface area (TPSA) is 66.8 Å². The Kier molecular flexibility index (Phi) is 4.73. The molecule has 0 spiro atoms. The summed E-state index contributed by atoms with van der Waals surface area (Å²) in [5.74, 6) is -0.990. The molecular formula is C11H19NO4. The highest BCUT2D eigenvalue weighted by atomic mass is 16.5. The predicted molar refractivity (Wildman–Crippen MR) is 58.0 cm³/mol. The van der Waals surface area contributed by atoms with Crippen LogP contribution >= 0.6 is 0 Å². The molecule has 1 amide bonds. The summed E-state index contributed by atoms with van der Waals surface area (Å²) in [5.41, 5.74) is 0. The highest BCUT2D eigenvalue weighted by Crippen LogP contribution is 2.17. The molecule has 0 aliphatic carbocycles. The second-order valence-corrected chi connectivity index (χ2v) is 4.31. The van der Waals surface area contributed by atoms with E-state index in [1.165, 1.54) is 4.90 Å². The van der Waals surface area contributed by atoms with E-state index in [0.29, 0.717) is 6.61 Å². The summed E-state index contributed by atoms with van der Waals surface area (Å²) in [6, 6.07) is -0.271. The summed E-state index contributed by atoms with van der Waals surface area (Å²) in [5, 5.41) is 8.66. The van der Waals surface area contributed by atoms with Gasteiger partial charge in [-0.2, -0.15) is 0 Å². The molecule has 0 saturated carbocycles. The summed E-state index contributed by atoms with van der Waals surface area (Å²) < 4.78 is 5.25. The van der Waals surface area contributed by atoms with Crippen LogP contribution in [0.5, 0.6) is 0 Å². The van der Waals surface area contributed by atoms with E-state index in [4.69, 9.17) is 9.84 Å². The van der Waals surface area contributed by atoms with Crippen LogP contribution in [0, 0.1) is 5.92 Å². The van der Waals surface area contributed by atoms with Crippen molar-refractivity contribution in [1.82, 2.24) is 4.90 Å². The lowest BCUT2D eigenvalue weighted by molar-refractivity contribution is -0.143. The SMILES string of the molecule is CC(CC(=O)O)N(C)C(=O)C1CCCOC1. The van der Waals surface area contributed by atoms with E-state index in [2.05, 4.69) is 0 Å². The fourth-order valence-electron chi connectivity index (χ4n) is 1.83. The van der Waals surface area contributed by atoms with Gasteiger partial charge in [0.25, 0.3) is 0 Å². The lowest BCUT2D eigenvalue weighted by Gasteiger charge is -2.30. The molecule has 1 aliphatic heterocycles. The Hall–Kier alpha value is -1.10. The molecule has 5 nitrogen and oxygen atoms in total. The molecule has 16 heavy (non-hydrogen) atoms. The summed E-state index contributed by atoms with van der Waals surface area (Å²) in [7, 11) is 1.66. The van der Waals surface area contributed by atoms with E-state index >= 15 is 0 Å². The Morgan fingerprint density at radius 1 is 1.56 bits per heavy atom. The number of aliphatic carboxylic acids is 1. The first kappa shape index (κ1) is 13.0. The summed E-state index contributed by atoms with van der Waals surface area (Å²) in [6.45, 7) is 2.93. The van der Waals surface area contributed by atoms with Crippen molar-refractivity contribution < 1.29 is 19.4 Å². The second kappa shape index (κ2) is 5.84. The Labute approximate surface area is 95.4 Å². The van der Waals surface area contributed by atoms with Crippen LogP contribution in [-0.4, -0.2) is 48.2 Å². The molecule has 1 N–H and O–H groups in total. The Bertz CT molecular complexity index is 261. The van der Waals surface area contributed by atoms with Crippen LogP contribution in [0.4, 0.5) is 0 Å². The number of carboxylic acid groups (broad SMARTS) is 1. The number of ether oxygens (including phenoxy) is 1. The van der Waals surface area contributed by atoms with Crippen LogP contribution in [0.3, 0.4) is 0 Å². The highest BCUT2D eigenvalue weighted by Gasteiger charge is 2.27. The van der Waals surface area contributed by atoms with Gasteiger partial charge in [0.15, 0.2) is 0 Å². The Balaban J connectivity index is 2.48. The van der Waals surface area contributed by atoms with E-state index in [9.17, 15) is 9.59 Å². The molecule has 92 valence electrons. The van der Waals surface area contributed by atoms with Gasteiger partial charge in [-0.05, 0) is 19.8 Å². The van der Waals surface area contributed by atoms with Gasteiger partial charge in [-0.1, -0.05) is 0 Å². The molecule has 1 aliphatic rings. The van der Waals surface area contributed by atoms with Crippen LogP contribution in [0.2, 0.25) is 0 Å². The number of carbonyl (C=O) groups excluding carboxylic acids is 1. The van der Waals surface area contributed by atoms with E-state index < -0.39 is 5.97 Å². The molecule has 2 atom stereocenters. The molecule has 2 unspecified atom stereocenters. The standard InChI is InChI=1S/C11H19NO4/c1-8(6-10(13)14)12(2)11(15)9-4-3-5-16-7-9/h8-9H,3-7H2,1-2H3,(H,13,14). The highest BCUT2D eigenvalue weighted by molar-refractivity contribution is 5.79. The van der Waals surface area contributed by atoms with Crippen molar-refractivity contribution in [2.24, 2.45) is 5.92 Å². The van der Waals surface area contributed by atoms with Gasteiger partial charge in [-0.25, -0.2) is 0 Å². The maximum atomic E-state index is 12.0. The zero-order valence-corrected chi connectivity index (χ0v) is 9.81. The van der Waals surface area contributed by atoms with Crippen molar-refractivity contribution in [3.8, 4) is 0 Å². The fraction of sp³-hybridized carbons (Fsp3) is 0.818. The first-order valence-corrected chi connectivity index (χ1v) is 5.58. The number of rotatable bonds is 4. The van der Waals surface area contributed by atoms with E-state index in [1.807, 2.05) is 0 Å². The molecule has 0 bridgehead atoms. The predicted octanol–water partition coefficient (Wildman–Crippen LogP) is 0.735. The molecule has 1 saturated heterocycles. The molecule has 0 aromatic rings. The monoisotopic (exact) mass is 229 g/mol. The van der Waals surface area contributed by atoms with Crippen LogP contribution < -0.4 is 0 Å². The average molecular weight is 229 g/mol. The minimum Gasteiger partial charge on any atom is -0.481 e. The number of nitrogens with zero attached hydrogens (tertiary/aromatic N) is 1. The second-order valence-electron chi connectivity index (χ2n) is 4.31. The summed E-state index contributed by atoms with van der Waals surface area (Å²) >= 11 is 0. The lowest BCUT2D eigenvalue weighted by atomic mass is 10.00. The largest absolute Gasteiger partial charge is 0.481 e. The molecule has 0 aromatic heterocycles. The summed E-state index contributed by atoms with van der Waals surface area (Å²) in [4.78, 5) is 24.0. The first-order valence-electron chi connectivity index (χ1n) is 5.58. The maximum Gasteiger partial charge on any atom is 0.305 e. The molecule has 1 heterocycles. The third-order valence-electron chi connectivity index (χ3n) is 2.99. The van der Waals surface area contributed by atoms with Crippen molar-refractivity contribution in [3.05, 3.63) is 0 Å². The van der Waals surface area contributed by atoms with Gasteiger partial charge < -0.3 is 14.7 Å². The van der Waals surface area contributed by atoms with Gasteiger partial charge in [0.2, 0.25) is 5.91 Å². The number of hydrogen-bond acceptors (Lipinski definition) is 3. The van der Waals surface area contributed by atoms with Gasteiger partial charge in [0.05, 0.1) is 18.9 Å². The third-order valence-corrected chi connectivity index (χ3v) is 2.99. The first-order chi connectivity index (χ1) is 7.52. The van der Waals surface area contributed by atoms with Crippen LogP contribution in [-0.2, 0) is 14.3 Å². The average Bonchev–Trinajstić information content (AvgIpc) is 2.27.